The lowest BCUT2D eigenvalue weighted by atomic mass is 9.76. The summed E-state index contributed by atoms with van der Waals surface area (Å²) in [5, 5.41) is 9.57. The zero-order valence-electron chi connectivity index (χ0n) is 11.5. The Morgan fingerprint density at radius 3 is 2.84 bits per heavy atom. The Morgan fingerprint density at radius 2 is 2.21 bits per heavy atom. The van der Waals surface area contributed by atoms with Gasteiger partial charge in [0.1, 0.15) is 0 Å². The second kappa shape index (κ2) is 6.15. The van der Waals surface area contributed by atoms with E-state index in [-0.39, 0.29) is 0 Å². The highest BCUT2D eigenvalue weighted by Crippen LogP contribution is 2.35. The van der Waals surface area contributed by atoms with Crippen molar-refractivity contribution in [1.29, 1.82) is 0 Å². The molecule has 2 heterocycles. The fourth-order valence-corrected chi connectivity index (χ4v) is 3.03. The first-order chi connectivity index (χ1) is 9.12. The molecule has 4 nitrogen and oxygen atoms in total. The fourth-order valence-electron chi connectivity index (χ4n) is 3.03. The van der Waals surface area contributed by atoms with Crippen LogP contribution in [0.3, 0.4) is 0 Å². The molecule has 104 valence electrons. The highest BCUT2D eigenvalue weighted by Gasteiger charge is 2.40. The fraction of sp³-hybridized carbons (Fsp3) is 0.600. The van der Waals surface area contributed by atoms with Gasteiger partial charge in [0.2, 0.25) is 0 Å². The van der Waals surface area contributed by atoms with Gasteiger partial charge in [0, 0.05) is 18.9 Å². The van der Waals surface area contributed by atoms with Gasteiger partial charge in [-0.2, -0.15) is 0 Å². The number of piperidine rings is 1. The summed E-state index contributed by atoms with van der Waals surface area (Å²) in [7, 11) is 2.01. The SMILES string of the molecule is CN1CCC[C@](CCCc2ccncc2)(C(=O)O)C1. The third-order valence-electron chi connectivity index (χ3n) is 4.09. The van der Waals surface area contributed by atoms with Crippen molar-refractivity contribution < 1.29 is 9.90 Å². The molecular weight excluding hydrogens is 240 g/mol. The maximum absolute atomic E-state index is 11.6. The predicted octanol–water partition coefficient (Wildman–Crippen LogP) is 2.20. The highest BCUT2D eigenvalue weighted by atomic mass is 16.4. The predicted molar refractivity (Wildman–Crippen MR) is 74.0 cm³/mol. The average molecular weight is 262 g/mol. The van der Waals surface area contributed by atoms with E-state index in [0.29, 0.717) is 6.54 Å². The third-order valence-corrected chi connectivity index (χ3v) is 4.09. The van der Waals surface area contributed by atoms with Crippen LogP contribution in [0.5, 0.6) is 0 Å². The van der Waals surface area contributed by atoms with Crippen LogP contribution in [0.25, 0.3) is 0 Å². The van der Waals surface area contributed by atoms with Crippen LogP contribution < -0.4 is 0 Å². The van der Waals surface area contributed by atoms with E-state index in [9.17, 15) is 9.90 Å². The van der Waals surface area contributed by atoms with Gasteiger partial charge < -0.3 is 10.0 Å². The molecule has 0 unspecified atom stereocenters. The molecule has 0 radical (unpaired) electrons. The molecule has 0 saturated carbocycles. The largest absolute Gasteiger partial charge is 0.481 e. The van der Waals surface area contributed by atoms with Gasteiger partial charge in [-0.1, -0.05) is 0 Å². The van der Waals surface area contributed by atoms with Crippen molar-refractivity contribution in [2.45, 2.75) is 32.1 Å². The molecule has 1 fully saturated rings. The number of aryl methyl sites for hydroxylation is 1. The number of pyridine rings is 1. The van der Waals surface area contributed by atoms with Crippen LogP contribution in [0, 0.1) is 5.41 Å². The number of aromatic nitrogens is 1. The minimum Gasteiger partial charge on any atom is -0.481 e. The van der Waals surface area contributed by atoms with E-state index < -0.39 is 11.4 Å². The maximum atomic E-state index is 11.6. The van der Waals surface area contributed by atoms with Gasteiger partial charge in [0.05, 0.1) is 5.41 Å². The molecule has 1 aromatic heterocycles. The maximum Gasteiger partial charge on any atom is 0.310 e. The summed E-state index contributed by atoms with van der Waals surface area (Å²) in [6.45, 7) is 1.69. The molecule has 0 aliphatic carbocycles. The topological polar surface area (TPSA) is 53.4 Å². The Kier molecular flexibility index (Phi) is 4.53. The molecule has 1 aliphatic heterocycles. The quantitative estimate of drug-likeness (QED) is 0.884. The Morgan fingerprint density at radius 1 is 1.47 bits per heavy atom. The van der Waals surface area contributed by atoms with Gasteiger partial charge in [0.15, 0.2) is 0 Å². The standard InChI is InChI=1S/C15H22N2O2/c1-17-11-3-8-15(12-17,14(18)19)7-2-4-13-5-9-16-10-6-13/h5-6,9-10H,2-4,7-8,11-12H2,1H3,(H,18,19)/t15-/m0/s1. The number of nitrogens with zero attached hydrogens (tertiary/aromatic N) is 2. The minimum absolute atomic E-state index is 0.542. The van der Waals surface area contributed by atoms with Gasteiger partial charge in [-0.15, -0.1) is 0 Å². The molecule has 1 aliphatic rings. The smallest absolute Gasteiger partial charge is 0.310 e. The van der Waals surface area contributed by atoms with Crippen molar-refractivity contribution in [3.8, 4) is 0 Å². The lowest BCUT2D eigenvalue weighted by Crippen LogP contribution is -2.46. The molecule has 1 saturated heterocycles. The van der Waals surface area contributed by atoms with Gasteiger partial charge in [-0.3, -0.25) is 9.78 Å². The van der Waals surface area contributed by atoms with Crippen molar-refractivity contribution in [2.75, 3.05) is 20.1 Å². The molecule has 0 amide bonds. The van der Waals surface area contributed by atoms with Crippen LogP contribution in [-0.4, -0.2) is 41.1 Å². The van der Waals surface area contributed by atoms with Crippen LogP contribution in [0.4, 0.5) is 0 Å². The normalized spacial score (nSPS) is 24.3. The zero-order valence-corrected chi connectivity index (χ0v) is 11.5. The average Bonchev–Trinajstić information content (AvgIpc) is 2.40. The number of carboxylic acids is 1. The third kappa shape index (κ3) is 3.53. The van der Waals surface area contributed by atoms with Crippen LogP contribution in [0.1, 0.15) is 31.2 Å². The molecule has 2 rings (SSSR count). The van der Waals surface area contributed by atoms with Gasteiger partial charge in [-0.25, -0.2) is 0 Å². The lowest BCUT2D eigenvalue weighted by molar-refractivity contribution is -0.153. The van der Waals surface area contributed by atoms with E-state index in [0.717, 1.165) is 38.6 Å². The molecule has 19 heavy (non-hydrogen) atoms. The van der Waals surface area contributed by atoms with Crippen LogP contribution in [0.15, 0.2) is 24.5 Å². The summed E-state index contributed by atoms with van der Waals surface area (Å²) >= 11 is 0. The molecule has 4 heteroatoms. The van der Waals surface area contributed by atoms with Gasteiger partial charge >= 0.3 is 5.97 Å². The van der Waals surface area contributed by atoms with Crippen LogP contribution in [-0.2, 0) is 11.2 Å². The molecule has 0 bridgehead atoms. The highest BCUT2D eigenvalue weighted by molar-refractivity contribution is 5.75. The van der Waals surface area contributed by atoms with E-state index in [1.165, 1.54) is 5.56 Å². The summed E-state index contributed by atoms with van der Waals surface area (Å²) in [5.74, 6) is -0.631. The monoisotopic (exact) mass is 262 g/mol. The number of hydrogen-bond acceptors (Lipinski definition) is 3. The van der Waals surface area contributed by atoms with Gasteiger partial charge in [0.25, 0.3) is 0 Å². The van der Waals surface area contributed by atoms with Crippen molar-refractivity contribution in [3.05, 3.63) is 30.1 Å². The van der Waals surface area contributed by atoms with Crippen molar-refractivity contribution >= 4 is 5.97 Å². The van der Waals surface area contributed by atoms with Crippen LogP contribution >= 0.6 is 0 Å². The number of rotatable bonds is 5. The first-order valence-electron chi connectivity index (χ1n) is 6.93. The van der Waals surface area contributed by atoms with E-state index in [4.69, 9.17) is 0 Å². The molecule has 1 N–H and O–H groups in total. The molecule has 0 aromatic carbocycles. The summed E-state index contributed by atoms with van der Waals surface area (Å²) < 4.78 is 0. The second-order valence-corrected chi connectivity index (χ2v) is 5.64. The Balaban J connectivity index is 1.92. The van der Waals surface area contributed by atoms with E-state index in [1.807, 2.05) is 19.2 Å². The summed E-state index contributed by atoms with van der Waals surface area (Å²) in [6.07, 6.45) is 7.98. The first kappa shape index (κ1) is 14.0. The molecule has 1 atom stereocenters. The minimum atomic E-state index is -0.631. The first-order valence-corrected chi connectivity index (χ1v) is 6.93. The van der Waals surface area contributed by atoms with Crippen molar-refractivity contribution in [1.82, 2.24) is 9.88 Å². The van der Waals surface area contributed by atoms with Crippen LogP contribution in [0.2, 0.25) is 0 Å². The lowest BCUT2D eigenvalue weighted by Gasteiger charge is -2.38. The molecule has 0 spiro atoms. The van der Waals surface area contributed by atoms with E-state index in [1.54, 1.807) is 12.4 Å². The number of aliphatic carboxylic acids is 1. The zero-order chi connectivity index (χ0) is 13.7. The van der Waals surface area contributed by atoms with E-state index >= 15 is 0 Å². The number of carboxylic acid groups (broad SMARTS) is 1. The molecular formula is C15H22N2O2. The number of hydrogen-bond donors (Lipinski definition) is 1. The summed E-state index contributed by atoms with van der Waals surface area (Å²) in [5.41, 5.74) is 0.694. The van der Waals surface area contributed by atoms with Crippen molar-refractivity contribution in [3.63, 3.8) is 0 Å². The van der Waals surface area contributed by atoms with Gasteiger partial charge in [-0.05, 0) is 63.4 Å². The second-order valence-electron chi connectivity index (χ2n) is 5.64. The number of carbonyl (C=O) groups is 1. The Hall–Kier alpha value is -1.42. The molecule has 1 aromatic rings. The number of likely N-dealkylation sites (tertiary alicyclic amines) is 1. The van der Waals surface area contributed by atoms with E-state index in [2.05, 4.69) is 9.88 Å². The Labute approximate surface area is 114 Å². The van der Waals surface area contributed by atoms with Crippen molar-refractivity contribution in [2.24, 2.45) is 5.41 Å². The summed E-state index contributed by atoms with van der Waals surface area (Å²) in [4.78, 5) is 17.8. The summed E-state index contributed by atoms with van der Waals surface area (Å²) in [6, 6.07) is 4.00. The Bertz CT molecular complexity index is 421.